The molecule has 0 N–H and O–H groups in total. The minimum atomic E-state index is 0. The van der Waals surface area contributed by atoms with Crippen LogP contribution in [0.25, 0.3) is 28.0 Å². The van der Waals surface area contributed by atoms with Crippen LogP contribution in [0.3, 0.4) is 0 Å². The van der Waals surface area contributed by atoms with Crippen LogP contribution in [0.1, 0.15) is 25.1 Å². The van der Waals surface area contributed by atoms with Crippen LogP contribution in [0.2, 0.25) is 0 Å². The van der Waals surface area contributed by atoms with E-state index in [0.29, 0.717) is 0 Å². The third-order valence-electron chi connectivity index (χ3n) is 2.53. The van der Waals surface area contributed by atoms with Gasteiger partial charge in [0, 0.05) is 59.2 Å². The van der Waals surface area contributed by atoms with E-state index in [2.05, 4.69) is 22.9 Å². The fraction of sp³-hybridized carbons (Fsp3) is 0.125. The van der Waals surface area contributed by atoms with Crippen LogP contribution in [0.5, 0.6) is 0 Å². The second-order valence-corrected chi connectivity index (χ2v) is 3.51. The topological polar surface area (TPSA) is 27.0 Å². The first-order chi connectivity index (χ1) is 8.34. The summed E-state index contributed by atoms with van der Waals surface area (Å²) in [7, 11) is 0. The Balaban J connectivity index is 0. The second kappa shape index (κ2) is 10.4. The molecular weight excluding hydrogens is 493 g/mol. The van der Waals surface area contributed by atoms with E-state index in [-0.39, 0.29) is 61.2 Å². The molecule has 2 nitrogen and oxygen atoms in total. The van der Waals surface area contributed by atoms with Gasteiger partial charge >= 0.3 is 0 Å². The quantitative estimate of drug-likeness (QED) is 0.456. The van der Waals surface area contributed by atoms with E-state index in [4.69, 9.17) is 0 Å². The second-order valence-electron chi connectivity index (χ2n) is 3.51. The molecule has 2 aromatic rings. The van der Waals surface area contributed by atoms with Crippen molar-refractivity contribution < 1.29 is 53.8 Å². The predicted octanol–water partition coefficient (Wildman–Crippen LogP) is 5.03. The number of pyridine rings is 1. The maximum atomic E-state index is 4.56. The fourth-order valence-corrected chi connectivity index (χ4v) is 1.76. The van der Waals surface area contributed by atoms with Crippen LogP contribution >= 0.6 is 0 Å². The first-order valence-electron chi connectivity index (χ1n) is 5.81. The van der Waals surface area contributed by atoms with Gasteiger partial charge in [0.25, 0.3) is 0 Å². The van der Waals surface area contributed by atoms with E-state index in [1.54, 1.807) is 6.20 Å². The van der Waals surface area contributed by atoms with Crippen molar-refractivity contribution in [2.45, 2.75) is 13.8 Å². The van der Waals surface area contributed by atoms with Gasteiger partial charge in [0.2, 0.25) is 0 Å². The molecular formula is C16H18N2WY-2. The van der Waals surface area contributed by atoms with Crippen LogP contribution in [0, 0.1) is 7.43 Å². The van der Waals surface area contributed by atoms with E-state index in [1.165, 1.54) is 0 Å². The van der Waals surface area contributed by atoms with Crippen molar-refractivity contribution in [2.75, 3.05) is 0 Å². The van der Waals surface area contributed by atoms with E-state index >= 15 is 0 Å². The summed E-state index contributed by atoms with van der Waals surface area (Å²) in [6.45, 7) is 7.90. The Labute approximate surface area is 161 Å². The third-order valence-corrected chi connectivity index (χ3v) is 2.53. The summed E-state index contributed by atoms with van der Waals surface area (Å²) in [6.07, 6.45) is 3.66. The molecule has 0 fully saturated rings. The van der Waals surface area contributed by atoms with Crippen molar-refractivity contribution in [2.24, 2.45) is 0 Å². The van der Waals surface area contributed by atoms with Crippen LogP contribution in [0.4, 0.5) is 0 Å². The van der Waals surface area contributed by atoms with Gasteiger partial charge in [0.15, 0.2) is 0 Å². The molecule has 1 aliphatic heterocycles. The normalized spacial score (nSPS) is 10.6. The van der Waals surface area contributed by atoms with Gasteiger partial charge in [0.1, 0.15) is 0 Å². The molecule has 1 aromatic carbocycles. The number of hydrogen-bond acceptors (Lipinski definition) is 1. The standard InChI is InChI=1S/C13H9N2.C2H6.CH3.W.Y/c1-9-11-8-10-4-2-3-5-12(10)15-13(11)6-7-14-9;1-2;;;/h2-8H,1H2;1-2H3;1H3;;/q-1;;-1;;. The zero-order chi connectivity index (χ0) is 12.3. The molecule has 103 valence electrons. The molecule has 0 aliphatic carbocycles. The summed E-state index contributed by atoms with van der Waals surface area (Å²) in [5.74, 6) is 0. The Bertz CT molecular complexity index is 594. The first kappa shape index (κ1) is 22.0. The molecule has 0 spiro atoms. The fourth-order valence-electron chi connectivity index (χ4n) is 1.76. The van der Waals surface area contributed by atoms with Crippen molar-refractivity contribution in [3.8, 4) is 0 Å². The van der Waals surface area contributed by atoms with E-state index in [1.807, 2.05) is 44.2 Å². The van der Waals surface area contributed by atoms with Gasteiger partial charge in [-0.1, -0.05) is 38.1 Å². The van der Waals surface area contributed by atoms with E-state index in [0.717, 1.165) is 27.9 Å². The van der Waals surface area contributed by atoms with Gasteiger partial charge in [-0.05, 0) is 17.7 Å². The molecule has 20 heavy (non-hydrogen) atoms. The molecule has 1 aromatic heterocycles. The monoisotopic (exact) mass is 511 g/mol. The van der Waals surface area contributed by atoms with Crippen LogP contribution < -0.4 is 0 Å². The molecule has 2 heterocycles. The Morgan fingerprint density at radius 3 is 2.50 bits per heavy atom. The smallest absolute Gasteiger partial charge is 0.0709 e. The molecule has 3 rings (SSSR count). The van der Waals surface area contributed by atoms with Crippen LogP contribution in [-0.4, -0.2) is 4.98 Å². The van der Waals surface area contributed by atoms with Crippen molar-refractivity contribution in [1.82, 2.24) is 4.98 Å². The maximum absolute atomic E-state index is 4.56. The van der Waals surface area contributed by atoms with Crippen molar-refractivity contribution >= 4 is 22.7 Å². The molecule has 0 unspecified atom stereocenters. The number of fused-ring (bicyclic) bond motifs is 2. The molecule has 4 heteroatoms. The summed E-state index contributed by atoms with van der Waals surface area (Å²) in [4.78, 5) is 4.56. The van der Waals surface area contributed by atoms with Crippen molar-refractivity contribution in [3.05, 3.63) is 67.1 Å². The van der Waals surface area contributed by atoms with Gasteiger partial charge in [-0.3, -0.25) is 0 Å². The van der Waals surface area contributed by atoms with E-state index in [9.17, 15) is 0 Å². The summed E-state index contributed by atoms with van der Waals surface area (Å²) < 4.78 is 0. The molecule has 1 radical (unpaired) electrons. The number of aromatic nitrogens is 1. The van der Waals surface area contributed by atoms with Gasteiger partial charge in [-0.2, -0.15) is 6.20 Å². The number of benzene rings is 1. The number of para-hydroxylation sites is 1. The average Bonchev–Trinajstić information content (AvgIpc) is 2.40. The molecule has 0 amide bonds. The summed E-state index contributed by atoms with van der Waals surface area (Å²) >= 11 is 0. The van der Waals surface area contributed by atoms with Crippen molar-refractivity contribution in [1.29, 1.82) is 0 Å². The number of rotatable bonds is 0. The number of nitrogens with zero attached hydrogens (tertiary/aromatic N) is 2. The molecule has 0 bridgehead atoms. The molecule has 0 saturated heterocycles. The van der Waals surface area contributed by atoms with Gasteiger partial charge in [-0.25, -0.2) is 4.98 Å². The minimum Gasteiger partial charge on any atom is -0.664 e. The van der Waals surface area contributed by atoms with Gasteiger partial charge in [-0.15, -0.1) is 12.3 Å². The summed E-state index contributed by atoms with van der Waals surface area (Å²) in [5.41, 5.74) is 3.77. The Morgan fingerprint density at radius 1 is 1.15 bits per heavy atom. The van der Waals surface area contributed by atoms with Crippen molar-refractivity contribution in [3.63, 3.8) is 0 Å². The molecule has 0 saturated carbocycles. The van der Waals surface area contributed by atoms with Crippen LogP contribution in [0.15, 0.2) is 43.1 Å². The molecule has 0 atom stereocenters. The van der Waals surface area contributed by atoms with E-state index < -0.39 is 0 Å². The third kappa shape index (κ3) is 4.62. The van der Waals surface area contributed by atoms with Gasteiger partial charge in [0.05, 0.1) is 11.2 Å². The summed E-state index contributed by atoms with van der Waals surface area (Å²) in [5, 5.41) is 5.29. The zero-order valence-corrected chi connectivity index (χ0v) is 17.9. The first-order valence-corrected chi connectivity index (χ1v) is 5.81. The largest absolute Gasteiger partial charge is 0.664 e. The minimum absolute atomic E-state index is 0. The Hall–Kier alpha value is -0.298. The number of hydrogen-bond donors (Lipinski definition) is 0. The molecule has 1 aliphatic rings. The zero-order valence-electron chi connectivity index (χ0n) is 12.1. The summed E-state index contributed by atoms with van der Waals surface area (Å²) in [6, 6.07) is 10.2. The Kier molecular flexibility index (Phi) is 11.5. The van der Waals surface area contributed by atoms with Gasteiger partial charge < -0.3 is 12.7 Å². The Morgan fingerprint density at radius 2 is 1.80 bits per heavy atom. The van der Waals surface area contributed by atoms with Crippen LogP contribution in [-0.2, 0) is 53.8 Å². The SMILES string of the molecule is C=C1[N-]C=Cc2nc3ccccc3cc21.CC.[CH3-].[W].[Y]. The maximum Gasteiger partial charge on any atom is 0.0709 e. The average molecular weight is 511 g/mol. The predicted molar refractivity (Wildman–Crippen MR) is 80.9 cm³/mol.